The van der Waals surface area contributed by atoms with Crippen LogP contribution in [0.2, 0.25) is 0 Å². The van der Waals surface area contributed by atoms with Crippen molar-refractivity contribution in [2.24, 2.45) is 13.0 Å². The van der Waals surface area contributed by atoms with Crippen LogP contribution in [0.25, 0.3) is 0 Å². The van der Waals surface area contributed by atoms with Crippen molar-refractivity contribution in [3.05, 3.63) is 12.2 Å². The standard InChI is InChI=1S/C11H18ClN3/c1-15-11(13-8-14-15)7-6-10(12)9-4-2-3-5-9/h8-10H,2-7H2,1H3. The van der Waals surface area contributed by atoms with Crippen molar-refractivity contribution < 1.29 is 0 Å². The van der Waals surface area contributed by atoms with Crippen LogP contribution in [0.1, 0.15) is 37.9 Å². The highest BCUT2D eigenvalue weighted by Crippen LogP contribution is 2.32. The van der Waals surface area contributed by atoms with Crippen LogP contribution in [-0.2, 0) is 13.5 Å². The number of aromatic nitrogens is 3. The molecule has 1 aliphatic rings. The lowest BCUT2D eigenvalue weighted by molar-refractivity contribution is 0.485. The Balaban J connectivity index is 1.80. The molecule has 1 unspecified atom stereocenters. The summed E-state index contributed by atoms with van der Waals surface area (Å²) in [7, 11) is 1.93. The van der Waals surface area contributed by atoms with Crippen LogP contribution in [0.4, 0.5) is 0 Å². The molecule has 1 aromatic heterocycles. The molecule has 1 atom stereocenters. The molecule has 0 N–H and O–H groups in total. The zero-order chi connectivity index (χ0) is 10.7. The number of alkyl halides is 1. The maximum Gasteiger partial charge on any atom is 0.138 e. The predicted molar refractivity (Wildman–Crippen MR) is 60.9 cm³/mol. The molecule has 1 saturated carbocycles. The van der Waals surface area contributed by atoms with E-state index in [4.69, 9.17) is 11.6 Å². The van der Waals surface area contributed by atoms with Crippen molar-refractivity contribution in [2.45, 2.75) is 43.9 Å². The number of aryl methyl sites for hydroxylation is 2. The van der Waals surface area contributed by atoms with Gasteiger partial charge in [0.1, 0.15) is 12.2 Å². The van der Waals surface area contributed by atoms with Gasteiger partial charge in [0.05, 0.1) is 0 Å². The summed E-state index contributed by atoms with van der Waals surface area (Å²) in [4.78, 5) is 4.21. The van der Waals surface area contributed by atoms with Crippen molar-refractivity contribution in [3.8, 4) is 0 Å². The minimum Gasteiger partial charge on any atom is -0.253 e. The molecule has 0 saturated heterocycles. The van der Waals surface area contributed by atoms with Gasteiger partial charge in [0, 0.05) is 18.8 Å². The fourth-order valence-corrected chi connectivity index (χ4v) is 2.73. The molecule has 1 aliphatic carbocycles. The minimum atomic E-state index is 0.323. The molecule has 0 aliphatic heterocycles. The van der Waals surface area contributed by atoms with E-state index in [2.05, 4.69) is 10.1 Å². The van der Waals surface area contributed by atoms with Gasteiger partial charge in [0.2, 0.25) is 0 Å². The van der Waals surface area contributed by atoms with E-state index >= 15 is 0 Å². The molecular weight excluding hydrogens is 210 g/mol. The van der Waals surface area contributed by atoms with E-state index in [-0.39, 0.29) is 0 Å². The lowest BCUT2D eigenvalue weighted by Crippen LogP contribution is -2.13. The van der Waals surface area contributed by atoms with Gasteiger partial charge in [-0.3, -0.25) is 4.68 Å². The maximum absolute atomic E-state index is 6.40. The third kappa shape index (κ3) is 2.71. The summed E-state index contributed by atoms with van der Waals surface area (Å²) in [5.74, 6) is 1.78. The van der Waals surface area contributed by atoms with Crippen LogP contribution >= 0.6 is 11.6 Å². The van der Waals surface area contributed by atoms with E-state index in [1.165, 1.54) is 25.7 Å². The van der Waals surface area contributed by atoms with Gasteiger partial charge in [-0.25, -0.2) is 4.98 Å². The van der Waals surface area contributed by atoms with Crippen LogP contribution in [0.3, 0.4) is 0 Å². The Morgan fingerprint density at radius 2 is 2.27 bits per heavy atom. The first-order valence-corrected chi connectivity index (χ1v) is 6.18. The number of hydrogen-bond acceptors (Lipinski definition) is 2. The molecule has 2 rings (SSSR count). The highest BCUT2D eigenvalue weighted by molar-refractivity contribution is 6.20. The van der Waals surface area contributed by atoms with E-state index in [0.29, 0.717) is 5.38 Å². The van der Waals surface area contributed by atoms with Gasteiger partial charge >= 0.3 is 0 Å². The molecule has 0 amide bonds. The van der Waals surface area contributed by atoms with Crippen LogP contribution < -0.4 is 0 Å². The average Bonchev–Trinajstić information content (AvgIpc) is 2.85. The molecule has 1 aromatic rings. The normalized spacial score (nSPS) is 19.6. The van der Waals surface area contributed by atoms with Gasteiger partial charge in [-0.2, -0.15) is 5.10 Å². The van der Waals surface area contributed by atoms with Crippen LogP contribution in [0.15, 0.2) is 6.33 Å². The van der Waals surface area contributed by atoms with E-state index < -0.39 is 0 Å². The molecule has 4 heteroatoms. The third-order valence-corrected chi connectivity index (χ3v) is 3.93. The molecule has 3 nitrogen and oxygen atoms in total. The second kappa shape index (κ2) is 4.97. The number of halogens is 1. The van der Waals surface area contributed by atoms with Crippen LogP contribution in [0, 0.1) is 5.92 Å². The molecule has 1 heterocycles. The largest absolute Gasteiger partial charge is 0.253 e. The lowest BCUT2D eigenvalue weighted by Gasteiger charge is -2.15. The highest BCUT2D eigenvalue weighted by atomic mass is 35.5. The summed E-state index contributed by atoms with van der Waals surface area (Å²) in [6.07, 6.45) is 8.92. The van der Waals surface area contributed by atoms with E-state index in [1.807, 2.05) is 11.7 Å². The monoisotopic (exact) mass is 227 g/mol. The summed E-state index contributed by atoms with van der Waals surface area (Å²) < 4.78 is 1.83. The zero-order valence-corrected chi connectivity index (χ0v) is 9.95. The summed E-state index contributed by atoms with van der Waals surface area (Å²) >= 11 is 6.40. The molecule has 84 valence electrons. The molecule has 0 spiro atoms. The lowest BCUT2D eigenvalue weighted by atomic mass is 10.00. The van der Waals surface area contributed by atoms with Gasteiger partial charge in [-0.05, 0) is 25.2 Å². The molecular formula is C11H18ClN3. The van der Waals surface area contributed by atoms with Crippen molar-refractivity contribution in [1.82, 2.24) is 14.8 Å². The van der Waals surface area contributed by atoms with Gasteiger partial charge in [0.15, 0.2) is 0 Å². The number of nitrogens with zero attached hydrogens (tertiary/aromatic N) is 3. The Kier molecular flexibility index (Phi) is 3.62. The van der Waals surface area contributed by atoms with Crippen molar-refractivity contribution in [3.63, 3.8) is 0 Å². The summed E-state index contributed by atoms with van der Waals surface area (Å²) in [5, 5.41) is 4.38. The maximum atomic E-state index is 6.40. The van der Waals surface area contributed by atoms with Crippen molar-refractivity contribution in [2.75, 3.05) is 0 Å². The first kappa shape index (κ1) is 10.9. The van der Waals surface area contributed by atoms with Gasteiger partial charge in [-0.1, -0.05) is 12.8 Å². The number of rotatable bonds is 4. The summed E-state index contributed by atoms with van der Waals surface area (Å²) in [6.45, 7) is 0. The summed E-state index contributed by atoms with van der Waals surface area (Å²) in [6, 6.07) is 0. The molecule has 0 bridgehead atoms. The average molecular weight is 228 g/mol. The number of hydrogen-bond donors (Lipinski definition) is 0. The minimum absolute atomic E-state index is 0.323. The Morgan fingerprint density at radius 1 is 1.53 bits per heavy atom. The second-order valence-electron chi connectivity index (χ2n) is 4.40. The molecule has 1 fully saturated rings. The van der Waals surface area contributed by atoms with Crippen LogP contribution in [0.5, 0.6) is 0 Å². The van der Waals surface area contributed by atoms with Crippen molar-refractivity contribution >= 4 is 11.6 Å². The highest BCUT2D eigenvalue weighted by Gasteiger charge is 2.23. The topological polar surface area (TPSA) is 30.7 Å². The van der Waals surface area contributed by atoms with E-state index in [9.17, 15) is 0 Å². The smallest absolute Gasteiger partial charge is 0.138 e. The zero-order valence-electron chi connectivity index (χ0n) is 9.19. The summed E-state index contributed by atoms with van der Waals surface area (Å²) in [5.41, 5.74) is 0. The Labute approximate surface area is 95.8 Å². The van der Waals surface area contributed by atoms with E-state index in [0.717, 1.165) is 24.6 Å². The Morgan fingerprint density at radius 3 is 2.87 bits per heavy atom. The predicted octanol–water partition coefficient (Wildman–Crippen LogP) is 2.55. The second-order valence-corrected chi connectivity index (χ2v) is 4.96. The quantitative estimate of drug-likeness (QED) is 0.741. The van der Waals surface area contributed by atoms with Gasteiger partial charge in [0.25, 0.3) is 0 Å². The van der Waals surface area contributed by atoms with Crippen molar-refractivity contribution in [1.29, 1.82) is 0 Å². The SMILES string of the molecule is Cn1ncnc1CCC(Cl)C1CCCC1. The Hall–Kier alpha value is -0.570. The first-order valence-electron chi connectivity index (χ1n) is 5.74. The first-order chi connectivity index (χ1) is 7.27. The van der Waals surface area contributed by atoms with Gasteiger partial charge in [-0.15, -0.1) is 11.6 Å². The Bertz CT molecular complexity index is 305. The van der Waals surface area contributed by atoms with E-state index in [1.54, 1.807) is 6.33 Å². The molecule has 0 radical (unpaired) electrons. The fraction of sp³-hybridized carbons (Fsp3) is 0.818. The molecule has 15 heavy (non-hydrogen) atoms. The van der Waals surface area contributed by atoms with Crippen LogP contribution in [-0.4, -0.2) is 20.1 Å². The third-order valence-electron chi connectivity index (χ3n) is 3.36. The molecule has 0 aromatic carbocycles. The van der Waals surface area contributed by atoms with Gasteiger partial charge < -0.3 is 0 Å². The fourth-order valence-electron chi connectivity index (χ4n) is 2.37.